The molecule has 0 aliphatic carbocycles. The van der Waals surface area contributed by atoms with Crippen molar-refractivity contribution in [1.82, 2.24) is 0 Å². The molecule has 0 saturated heterocycles. The summed E-state index contributed by atoms with van der Waals surface area (Å²) in [6.07, 6.45) is 0. The molecule has 0 N–H and O–H groups in total. The molecule has 0 saturated carbocycles. The third-order valence-electron chi connectivity index (χ3n) is 1.56. The minimum atomic E-state index is 0.600. The predicted molar refractivity (Wildman–Crippen MR) is 61.1 cm³/mol. The van der Waals surface area contributed by atoms with Gasteiger partial charge in [-0.25, -0.2) is 0 Å². The molecule has 0 aliphatic heterocycles. The van der Waals surface area contributed by atoms with E-state index in [1.54, 1.807) is 11.3 Å². The van der Waals surface area contributed by atoms with E-state index in [1.165, 1.54) is 10.4 Å². The van der Waals surface area contributed by atoms with Gasteiger partial charge in [-0.05, 0) is 17.5 Å². The lowest BCUT2D eigenvalue weighted by Gasteiger charge is -2.02. The van der Waals surface area contributed by atoms with Gasteiger partial charge in [0.15, 0.2) is 0 Å². The van der Waals surface area contributed by atoms with Gasteiger partial charge in [-0.3, -0.25) is 0 Å². The van der Waals surface area contributed by atoms with Crippen LogP contribution in [0.2, 0.25) is 4.34 Å². The van der Waals surface area contributed by atoms with E-state index in [1.807, 2.05) is 0 Å². The highest BCUT2D eigenvalue weighted by atomic mass is 127. The van der Waals surface area contributed by atoms with E-state index in [4.69, 9.17) is 11.6 Å². The van der Waals surface area contributed by atoms with Gasteiger partial charge < -0.3 is 0 Å². The van der Waals surface area contributed by atoms with Crippen LogP contribution in [0.25, 0.3) is 0 Å². The van der Waals surface area contributed by atoms with Crippen molar-refractivity contribution in [3.8, 4) is 0 Å². The second-order valence-corrected chi connectivity index (χ2v) is 5.25. The molecule has 0 unspecified atom stereocenters. The molecular formula is C8H10ClIS. The summed E-state index contributed by atoms with van der Waals surface area (Å²) >= 11 is 9.98. The van der Waals surface area contributed by atoms with E-state index in [0.717, 1.165) is 8.76 Å². The summed E-state index contributed by atoms with van der Waals surface area (Å²) in [6.45, 7) is 4.41. The highest BCUT2D eigenvalue weighted by Gasteiger charge is 2.09. The fourth-order valence-corrected chi connectivity index (χ4v) is 3.19. The van der Waals surface area contributed by atoms with Gasteiger partial charge in [0.1, 0.15) is 0 Å². The van der Waals surface area contributed by atoms with Crippen LogP contribution in [0.5, 0.6) is 0 Å². The van der Waals surface area contributed by atoms with Crippen molar-refractivity contribution in [2.75, 3.05) is 0 Å². The standard InChI is InChI=1S/C8H10ClIS/c1-5(2)6-3-8(9)11-7(6)4-10/h3,5H,4H2,1-2H3. The molecule has 0 atom stereocenters. The van der Waals surface area contributed by atoms with Gasteiger partial charge >= 0.3 is 0 Å². The van der Waals surface area contributed by atoms with E-state index in [0.29, 0.717) is 5.92 Å². The Balaban J connectivity index is 3.02. The molecule has 3 heteroatoms. The van der Waals surface area contributed by atoms with Crippen LogP contribution in [-0.4, -0.2) is 0 Å². The summed E-state index contributed by atoms with van der Waals surface area (Å²) in [5.41, 5.74) is 1.41. The van der Waals surface area contributed by atoms with Crippen LogP contribution in [-0.2, 0) is 4.43 Å². The van der Waals surface area contributed by atoms with Crippen LogP contribution >= 0.6 is 45.5 Å². The largest absolute Gasteiger partial charge is 0.127 e. The second kappa shape index (κ2) is 4.10. The van der Waals surface area contributed by atoms with Crippen molar-refractivity contribution < 1.29 is 0 Å². The highest BCUT2D eigenvalue weighted by molar-refractivity contribution is 14.1. The molecule has 0 aliphatic rings. The zero-order valence-electron chi connectivity index (χ0n) is 6.53. The Kier molecular flexibility index (Phi) is 3.65. The normalized spacial score (nSPS) is 11.0. The average molecular weight is 301 g/mol. The number of hydrogen-bond donors (Lipinski definition) is 0. The molecule has 0 bridgehead atoms. The van der Waals surface area contributed by atoms with Crippen molar-refractivity contribution in [1.29, 1.82) is 0 Å². The zero-order chi connectivity index (χ0) is 8.43. The molecule has 62 valence electrons. The Labute approximate surface area is 90.1 Å². The van der Waals surface area contributed by atoms with Crippen LogP contribution < -0.4 is 0 Å². The summed E-state index contributed by atoms with van der Waals surface area (Å²) in [5, 5.41) is 0. The second-order valence-electron chi connectivity index (χ2n) is 2.72. The highest BCUT2D eigenvalue weighted by Crippen LogP contribution is 2.33. The lowest BCUT2D eigenvalue weighted by Crippen LogP contribution is -1.86. The van der Waals surface area contributed by atoms with Gasteiger partial charge in [-0.1, -0.05) is 48.0 Å². The van der Waals surface area contributed by atoms with Gasteiger partial charge in [0.2, 0.25) is 0 Å². The monoisotopic (exact) mass is 300 g/mol. The summed E-state index contributed by atoms with van der Waals surface area (Å²) in [6, 6.07) is 2.09. The summed E-state index contributed by atoms with van der Waals surface area (Å²) < 4.78 is 1.99. The van der Waals surface area contributed by atoms with Gasteiger partial charge in [0, 0.05) is 9.30 Å². The molecule has 0 fully saturated rings. The first-order valence-corrected chi connectivity index (χ1v) is 6.21. The number of rotatable bonds is 2. The third-order valence-corrected chi connectivity index (χ3v) is 4.12. The van der Waals surface area contributed by atoms with E-state index in [9.17, 15) is 0 Å². The molecule has 0 amide bonds. The lowest BCUT2D eigenvalue weighted by atomic mass is 10.1. The van der Waals surface area contributed by atoms with E-state index >= 15 is 0 Å². The molecule has 1 aromatic heterocycles. The zero-order valence-corrected chi connectivity index (χ0v) is 10.3. The van der Waals surface area contributed by atoms with E-state index in [2.05, 4.69) is 42.5 Å². The number of thiophene rings is 1. The van der Waals surface area contributed by atoms with Crippen molar-refractivity contribution in [2.45, 2.75) is 24.2 Å². The third kappa shape index (κ3) is 2.33. The average Bonchev–Trinajstić information content (AvgIpc) is 2.30. The summed E-state index contributed by atoms with van der Waals surface area (Å²) in [7, 11) is 0. The molecular weight excluding hydrogens is 291 g/mol. The van der Waals surface area contributed by atoms with Crippen molar-refractivity contribution in [3.63, 3.8) is 0 Å². The Morgan fingerprint density at radius 2 is 2.27 bits per heavy atom. The predicted octanol–water partition coefficient (Wildman–Crippen LogP) is 4.46. The number of halogens is 2. The SMILES string of the molecule is CC(C)c1cc(Cl)sc1CI. The molecule has 0 aromatic carbocycles. The smallest absolute Gasteiger partial charge is 0.0934 e. The van der Waals surface area contributed by atoms with Gasteiger partial charge in [0.05, 0.1) is 4.34 Å². The van der Waals surface area contributed by atoms with E-state index < -0.39 is 0 Å². The van der Waals surface area contributed by atoms with Gasteiger partial charge in [-0.2, -0.15) is 0 Å². The first kappa shape index (κ1) is 9.81. The Morgan fingerprint density at radius 3 is 2.64 bits per heavy atom. The maximum Gasteiger partial charge on any atom is 0.0934 e. The molecule has 0 nitrogen and oxygen atoms in total. The molecule has 1 aromatic rings. The fraction of sp³-hybridized carbons (Fsp3) is 0.500. The Bertz CT molecular complexity index is 242. The molecule has 1 heterocycles. The quantitative estimate of drug-likeness (QED) is 0.559. The van der Waals surface area contributed by atoms with Gasteiger partial charge in [-0.15, -0.1) is 11.3 Å². The molecule has 0 radical (unpaired) electrons. The number of hydrogen-bond acceptors (Lipinski definition) is 1. The molecule has 11 heavy (non-hydrogen) atoms. The minimum Gasteiger partial charge on any atom is -0.127 e. The summed E-state index contributed by atoms with van der Waals surface area (Å²) in [5.74, 6) is 0.600. The minimum absolute atomic E-state index is 0.600. The van der Waals surface area contributed by atoms with Crippen molar-refractivity contribution in [3.05, 3.63) is 20.8 Å². The first-order valence-electron chi connectivity index (χ1n) is 3.49. The van der Waals surface area contributed by atoms with Crippen LogP contribution in [0, 0.1) is 0 Å². The molecule has 1 rings (SSSR count). The van der Waals surface area contributed by atoms with Gasteiger partial charge in [0.25, 0.3) is 0 Å². The maximum atomic E-state index is 5.90. The summed E-state index contributed by atoms with van der Waals surface area (Å²) in [4.78, 5) is 1.42. The lowest BCUT2D eigenvalue weighted by molar-refractivity contribution is 0.864. The maximum absolute atomic E-state index is 5.90. The number of alkyl halides is 1. The first-order chi connectivity index (χ1) is 5.15. The van der Waals surface area contributed by atoms with Crippen LogP contribution in [0.15, 0.2) is 6.07 Å². The van der Waals surface area contributed by atoms with Crippen molar-refractivity contribution >= 4 is 45.5 Å². The Morgan fingerprint density at radius 1 is 1.64 bits per heavy atom. The molecule has 0 spiro atoms. The fourth-order valence-electron chi connectivity index (χ4n) is 1.00. The van der Waals surface area contributed by atoms with E-state index in [-0.39, 0.29) is 0 Å². The van der Waals surface area contributed by atoms with Crippen LogP contribution in [0.4, 0.5) is 0 Å². The Hall–Kier alpha value is 0.720. The van der Waals surface area contributed by atoms with Crippen LogP contribution in [0.1, 0.15) is 30.2 Å². The van der Waals surface area contributed by atoms with Crippen LogP contribution in [0.3, 0.4) is 0 Å². The van der Waals surface area contributed by atoms with Crippen molar-refractivity contribution in [2.24, 2.45) is 0 Å². The topological polar surface area (TPSA) is 0 Å².